The lowest BCUT2D eigenvalue weighted by molar-refractivity contribution is 0.0736. The van der Waals surface area contributed by atoms with Gasteiger partial charge in [-0.3, -0.25) is 0 Å². The van der Waals surface area contributed by atoms with Gasteiger partial charge in [0.1, 0.15) is 0 Å². The molecule has 1 aromatic carbocycles. The zero-order valence-corrected chi connectivity index (χ0v) is 13.6. The van der Waals surface area contributed by atoms with E-state index >= 15 is 0 Å². The van der Waals surface area contributed by atoms with Crippen molar-refractivity contribution in [1.29, 1.82) is 0 Å². The number of ether oxygens (including phenoxy) is 2. The standard InChI is InChI=1S/C14H24N2O4S/c1-12-4-5-14(10-13(12)11-15-2)21(17,18)16-6-7-20-9-8-19-3/h4-5,10,15-16H,6-9,11H2,1-3H3. The molecule has 0 atom stereocenters. The summed E-state index contributed by atoms with van der Waals surface area (Å²) in [7, 11) is -0.0806. The summed E-state index contributed by atoms with van der Waals surface area (Å²) >= 11 is 0. The summed E-state index contributed by atoms with van der Waals surface area (Å²) in [6.07, 6.45) is 0. The van der Waals surface area contributed by atoms with Gasteiger partial charge in [-0.2, -0.15) is 0 Å². The van der Waals surface area contributed by atoms with E-state index in [2.05, 4.69) is 10.0 Å². The minimum absolute atomic E-state index is 0.237. The molecule has 0 aliphatic heterocycles. The van der Waals surface area contributed by atoms with E-state index in [-0.39, 0.29) is 11.4 Å². The fourth-order valence-electron chi connectivity index (χ4n) is 1.77. The first-order valence-electron chi connectivity index (χ1n) is 6.81. The Morgan fingerprint density at radius 3 is 2.62 bits per heavy atom. The summed E-state index contributed by atoms with van der Waals surface area (Å²) in [5.74, 6) is 0. The largest absolute Gasteiger partial charge is 0.382 e. The van der Waals surface area contributed by atoms with E-state index in [0.717, 1.165) is 11.1 Å². The van der Waals surface area contributed by atoms with Crippen molar-refractivity contribution >= 4 is 10.0 Å². The Balaban J connectivity index is 2.59. The highest BCUT2D eigenvalue weighted by Crippen LogP contribution is 2.15. The Labute approximate surface area is 126 Å². The van der Waals surface area contributed by atoms with Crippen LogP contribution in [0.4, 0.5) is 0 Å². The molecular weight excluding hydrogens is 292 g/mol. The van der Waals surface area contributed by atoms with Gasteiger partial charge in [-0.25, -0.2) is 13.1 Å². The van der Waals surface area contributed by atoms with E-state index in [1.54, 1.807) is 19.2 Å². The van der Waals surface area contributed by atoms with Gasteiger partial charge in [-0.1, -0.05) is 6.07 Å². The number of sulfonamides is 1. The molecule has 0 radical (unpaired) electrons. The monoisotopic (exact) mass is 316 g/mol. The first-order chi connectivity index (χ1) is 10.0. The molecule has 0 unspecified atom stereocenters. The molecule has 120 valence electrons. The van der Waals surface area contributed by atoms with Crippen LogP contribution in [0.1, 0.15) is 11.1 Å². The second-order valence-corrected chi connectivity index (χ2v) is 6.39. The fourth-order valence-corrected chi connectivity index (χ4v) is 2.84. The Hall–Kier alpha value is -0.990. The minimum atomic E-state index is -3.50. The normalized spacial score (nSPS) is 11.8. The van der Waals surface area contributed by atoms with Gasteiger partial charge >= 0.3 is 0 Å². The number of hydrogen-bond donors (Lipinski definition) is 2. The molecule has 0 saturated carbocycles. The number of benzene rings is 1. The third-order valence-electron chi connectivity index (χ3n) is 2.97. The van der Waals surface area contributed by atoms with Crippen LogP contribution in [0.5, 0.6) is 0 Å². The molecule has 0 amide bonds. The Morgan fingerprint density at radius 2 is 1.95 bits per heavy atom. The fraction of sp³-hybridized carbons (Fsp3) is 0.571. The summed E-state index contributed by atoms with van der Waals surface area (Å²) in [6.45, 7) is 4.10. The Morgan fingerprint density at radius 1 is 1.19 bits per heavy atom. The van der Waals surface area contributed by atoms with Crippen LogP contribution in [0.15, 0.2) is 23.1 Å². The van der Waals surface area contributed by atoms with Gasteiger partial charge in [-0.15, -0.1) is 0 Å². The molecule has 6 nitrogen and oxygen atoms in total. The van der Waals surface area contributed by atoms with Crippen LogP contribution >= 0.6 is 0 Å². The van der Waals surface area contributed by atoms with Gasteiger partial charge in [0, 0.05) is 20.2 Å². The Kier molecular flexibility index (Phi) is 7.84. The van der Waals surface area contributed by atoms with Crippen molar-refractivity contribution in [2.75, 3.05) is 40.5 Å². The van der Waals surface area contributed by atoms with Crippen LogP contribution < -0.4 is 10.0 Å². The van der Waals surface area contributed by atoms with Crippen molar-refractivity contribution in [3.63, 3.8) is 0 Å². The molecule has 7 heteroatoms. The molecule has 1 rings (SSSR count). The molecule has 0 saturated heterocycles. The molecule has 0 aromatic heterocycles. The molecular formula is C14H24N2O4S. The van der Waals surface area contributed by atoms with Gasteiger partial charge in [0.2, 0.25) is 10.0 Å². The van der Waals surface area contributed by atoms with E-state index in [1.807, 2.05) is 20.0 Å². The van der Waals surface area contributed by atoms with Crippen LogP contribution in [0.2, 0.25) is 0 Å². The summed E-state index contributed by atoms with van der Waals surface area (Å²) in [5.41, 5.74) is 2.03. The Bertz CT molecular complexity index is 532. The number of hydrogen-bond acceptors (Lipinski definition) is 5. The molecule has 0 heterocycles. The van der Waals surface area contributed by atoms with Crippen molar-refractivity contribution < 1.29 is 17.9 Å². The SMILES string of the molecule is CNCc1cc(S(=O)(=O)NCCOCCOC)ccc1C. The van der Waals surface area contributed by atoms with E-state index in [4.69, 9.17) is 9.47 Å². The number of methoxy groups -OCH3 is 1. The van der Waals surface area contributed by atoms with Crippen molar-refractivity contribution in [2.24, 2.45) is 0 Å². The van der Waals surface area contributed by atoms with Crippen molar-refractivity contribution in [3.05, 3.63) is 29.3 Å². The van der Waals surface area contributed by atoms with Gasteiger partial charge < -0.3 is 14.8 Å². The maximum Gasteiger partial charge on any atom is 0.240 e. The third-order valence-corrected chi connectivity index (χ3v) is 4.43. The van der Waals surface area contributed by atoms with Crippen molar-refractivity contribution in [3.8, 4) is 0 Å². The van der Waals surface area contributed by atoms with Gasteiger partial charge in [0.15, 0.2) is 0 Å². The van der Waals surface area contributed by atoms with Gasteiger partial charge in [-0.05, 0) is 37.2 Å². The smallest absolute Gasteiger partial charge is 0.240 e. The third kappa shape index (κ3) is 6.11. The van der Waals surface area contributed by atoms with Gasteiger partial charge in [0.25, 0.3) is 0 Å². The zero-order chi connectivity index (χ0) is 15.7. The average molecular weight is 316 g/mol. The number of aryl methyl sites for hydroxylation is 1. The number of rotatable bonds is 10. The molecule has 1 aromatic rings. The van der Waals surface area contributed by atoms with Gasteiger partial charge in [0.05, 0.1) is 24.7 Å². The highest BCUT2D eigenvalue weighted by Gasteiger charge is 2.14. The van der Waals surface area contributed by atoms with E-state index in [1.165, 1.54) is 0 Å². The van der Waals surface area contributed by atoms with Crippen LogP contribution in [0.3, 0.4) is 0 Å². The summed E-state index contributed by atoms with van der Waals surface area (Å²) < 4.78 is 36.9. The van der Waals surface area contributed by atoms with E-state index in [9.17, 15) is 8.42 Å². The quantitative estimate of drug-likeness (QED) is 0.620. The lowest BCUT2D eigenvalue weighted by atomic mass is 10.1. The van der Waals surface area contributed by atoms with Crippen molar-refractivity contribution in [1.82, 2.24) is 10.0 Å². The molecule has 21 heavy (non-hydrogen) atoms. The highest BCUT2D eigenvalue weighted by atomic mass is 32.2. The first-order valence-corrected chi connectivity index (χ1v) is 8.30. The van der Waals surface area contributed by atoms with Crippen LogP contribution in [0.25, 0.3) is 0 Å². The predicted molar refractivity (Wildman–Crippen MR) is 81.8 cm³/mol. The maximum absolute atomic E-state index is 12.2. The highest BCUT2D eigenvalue weighted by molar-refractivity contribution is 7.89. The van der Waals surface area contributed by atoms with Crippen molar-refractivity contribution in [2.45, 2.75) is 18.4 Å². The lowest BCUT2D eigenvalue weighted by Gasteiger charge is -2.10. The van der Waals surface area contributed by atoms with E-state index < -0.39 is 10.0 Å². The first kappa shape index (κ1) is 18.1. The molecule has 0 fully saturated rings. The van der Waals surface area contributed by atoms with Crippen LogP contribution in [-0.4, -0.2) is 48.9 Å². The molecule has 0 spiro atoms. The lowest BCUT2D eigenvalue weighted by Crippen LogP contribution is -2.28. The van der Waals surface area contributed by atoms with Crippen LogP contribution in [-0.2, 0) is 26.0 Å². The van der Waals surface area contributed by atoms with E-state index in [0.29, 0.717) is 26.4 Å². The summed E-state index contributed by atoms with van der Waals surface area (Å²) in [4.78, 5) is 0.273. The second kappa shape index (κ2) is 9.11. The molecule has 0 aliphatic rings. The summed E-state index contributed by atoms with van der Waals surface area (Å²) in [6, 6.07) is 5.12. The molecule has 2 N–H and O–H groups in total. The second-order valence-electron chi connectivity index (χ2n) is 4.62. The maximum atomic E-state index is 12.2. The summed E-state index contributed by atoms with van der Waals surface area (Å²) in [5, 5.41) is 3.03. The molecule has 0 aliphatic carbocycles. The number of nitrogens with one attached hydrogen (secondary N) is 2. The molecule has 0 bridgehead atoms. The zero-order valence-electron chi connectivity index (χ0n) is 12.8. The predicted octanol–water partition coefficient (Wildman–Crippen LogP) is 0.656. The topological polar surface area (TPSA) is 76.7 Å². The van der Waals surface area contributed by atoms with Crippen LogP contribution in [0, 0.1) is 6.92 Å². The minimum Gasteiger partial charge on any atom is -0.382 e. The average Bonchev–Trinajstić information content (AvgIpc) is 2.45.